The van der Waals surface area contributed by atoms with Gasteiger partial charge in [0.1, 0.15) is 6.04 Å². The van der Waals surface area contributed by atoms with E-state index >= 15 is 0 Å². The maximum absolute atomic E-state index is 11.3. The Kier molecular flexibility index (Phi) is 5.44. The number of anilines is 1. The molecule has 0 aromatic heterocycles. The Labute approximate surface area is 114 Å². The van der Waals surface area contributed by atoms with E-state index in [1.165, 1.54) is 23.9 Å². The normalized spacial score (nSPS) is 14.1. The predicted octanol–water partition coefficient (Wildman–Crippen LogP) is 1.73. The highest BCUT2D eigenvalue weighted by atomic mass is 35.5. The summed E-state index contributed by atoms with van der Waals surface area (Å²) in [4.78, 5) is 11.3. The fourth-order valence-corrected chi connectivity index (χ4v) is 2.08. The van der Waals surface area contributed by atoms with E-state index in [0.717, 1.165) is 13.0 Å². The van der Waals surface area contributed by atoms with Gasteiger partial charge in [-0.05, 0) is 24.5 Å². The smallest absolute Gasteiger partial charge is 0.322 e. The largest absolute Gasteiger partial charge is 0.468 e. The lowest BCUT2D eigenvalue weighted by atomic mass is 10.1. The number of hydrogen-bond donors (Lipinski definition) is 2. The lowest BCUT2D eigenvalue weighted by Crippen LogP contribution is -2.34. The number of benzene rings is 1. The molecule has 0 bridgehead atoms. The number of rotatable bonds is 4. The van der Waals surface area contributed by atoms with Crippen molar-refractivity contribution in [2.45, 2.75) is 25.9 Å². The average Bonchev–Trinajstić information content (AvgIpc) is 2.83. The fourth-order valence-electron chi connectivity index (χ4n) is 2.08. The first-order valence-electron chi connectivity index (χ1n) is 5.88. The molecule has 18 heavy (non-hydrogen) atoms. The number of ether oxygens (including phenoxy) is 1. The molecule has 1 aromatic carbocycles. The van der Waals surface area contributed by atoms with Crippen LogP contribution in [0.25, 0.3) is 0 Å². The molecule has 2 rings (SSSR count). The van der Waals surface area contributed by atoms with Gasteiger partial charge in [0.25, 0.3) is 0 Å². The number of carbonyl (C=O) groups excluding carboxylic acids is 1. The summed E-state index contributed by atoms with van der Waals surface area (Å²) in [7, 11) is 1.41. The van der Waals surface area contributed by atoms with Crippen LogP contribution >= 0.6 is 12.4 Å². The number of nitrogens with one attached hydrogen (secondary N) is 2. The molecule has 1 aromatic rings. The van der Waals surface area contributed by atoms with E-state index in [-0.39, 0.29) is 24.4 Å². The number of fused-ring (bicyclic) bond motifs is 1. The van der Waals surface area contributed by atoms with Crippen LogP contribution in [0.15, 0.2) is 18.2 Å². The summed E-state index contributed by atoms with van der Waals surface area (Å²) in [6.45, 7) is 3.48. The molecule has 100 valence electrons. The van der Waals surface area contributed by atoms with Crippen molar-refractivity contribution >= 4 is 24.1 Å². The van der Waals surface area contributed by atoms with Crippen molar-refractivity contribution in [3.8, 4) is 0 Å². The Morgan fingerprint density at radius 2 is 2.33 bits per heavy atom. The van der Waals surface area contributed by atoms with Crippen molar-refractivity contribution in [2.75, 3.05) is 19.0 Å². The number of para-hydroxylation sites is 1. The molecular formula is C13H19ClN2O2. The number of esters is 1. The van der Waals surface area contributed by atoms with Crippen molar-refractivity contribution in [3.63, 3.8) is 0 Å². The molecule has 0 fully saturated rings. The summed E-state index contributed by atoms with van der Waals surface area (Å²) in [5, 5.41) is 6.54. The quantitative estimate of drug-likeness (QED) is 0.818. The van der Waals surface area contributed by atoms with Crippen LogP contribution in [0.1, 0.15) is 18.1 Å². The standard InChI is InChI=1S/C13H18N2O2.ClH/c1-9(13(16)17-2)15-8-11-5-3-4-10-6-7-14-12(10)11;/h3-5,9,14-15H,6-8H2,1-2H3;1H/t9-;/m1./s1. The van der Waals surface area contributed by atoms with Crippen LogP contribution in [0.2, 0.25) is 0 Å². The molecule has 1 aliphatic rings. The Morgan fingerprint density at radius 1 is 1.56 bits per heavy atom. The highest BCUT2D eigenvalue weighted by Gasteiger charge is 2.16. The third-order valence-corrected chi connectivity index (χ3v) is 3.09. The van der Waals surface area contributed by atoms with Crippen LogP contribution in [-0.2, 0) is 22.5 Å². The molecule has 1 heterocycles. The molecule has 0 aliphatic carbocycles. The molecular weight excluding hydrogens is 252 g/mol. The zero-order chi connectivity index (χ0) is 12.3. The first-order chi connectivity index (χ1) is 8.22. The van der Waals surface area contributed by atoms with E-state index in [1.54, 1.807) is 0 Å². The zero-order valence-electron chi connectivity index (χ0n) is 10.7. The van der Waals surface area contributed by atoms with Gasteiger partial charge >= 0.3 is 5.97 Å². The Bertz CT molecular complexity index is 423. The second kappa shape index (κ2) is 6.61. The Balaban J connectivity index is 0.00000162. The minimum absolute atomic E-state index is 0. The number of carbonyl (C=O) groups is 1. The van der Waals surface area contributed by atoms with Gasteiger partial charge in [0.05, 0.1) is 7.11 Å². The molecule has 4 nitrogen and oxygen atoms in total. The second-order valence-electron chi connectivity index (χ2n) is 4.25. The minimum atomic E-state index is -0.280. The molecule has 0 radical (unpaired) electrons. The maximum Gasteiger partial charge on any atom is 0.322 e. The third-order valence-electron chi connectivity index (χ3n) is 3.09. The van der Waals surface area contributed by atoms with Gasteiger partial charge in [-0.1, -0.05) is 18.2 Å². The summed E-state index contributed by atoms with van der Waals surface area (Å²) in [5.41, 5.74) is 3.78. The van der Waals surface area contributed by atoms with Crippen LogP contribution in [0, 0.1) is 0 Å². The van der Waals surface area contributed by atoms with Crippen molar-refractivity contribution in [2.24, 2.45) is 0 Å². The summed E-state index contributed by atoms with van der Waals surface area (Å²) in [6.07, 6.45) is 1.08. The van der Waals surface area contributed by atoms with Gasteiger partial charge in [-0.25, -0.2) is 0 Å². The van der Waals surface area contributed by atoms with E-state index in [9.17, 15) is 4.79 Å². The molecule has 0 spiro atoms. The second-order valence-corrected chi connectivity index (χ2v) is 4.25. The molecule has 0 amide bonds. The maximum atomic E-state index is 11.3. The molecule has 5 heteroatoms. The minimum Gasteiger partial charge on any atom is -0.468 e. The molecule has 2 N–H and O–H groups in total. The van der Waals surface area contributed by atoms with Gasteiger partial charge in [-0.3, -0.25) is 4.79 Å². The molecule has 0 saturated carbocycles. The lowest BCUT2D eigenvalue weighted by molar-refractivity contribution is -0.142. The summed E-state index contributed by atoms with van der Waals surface area (Å²) < 4.78 is 4.68. The van der Waals surface area contributed by atoms with E-state index in [1.807, 2.05) is 6.92 Å². The summed E-state index contributed by atoms with van der Waals surface area (Å²) in [6, 6.07) is 6.00. The highest BCUT2D eigenvalue weighted by Crippen LogP contribution is 2.26. The van der Waals surface area contributed by atoms with E-state index in [4.69, 9.17) is 0 Å². The number of halogens is 1. The highest BCUT2D eigenvalue weighted by molar-refractivity contribution is 5.85. The zero-order valence-corrected chi connectivity index (χ0v) is 11.5. The van der Waals surface area contributed by atoms with Crippen molar-refractivity contribution in [1.82, 2.24) is 5.32 Å². The average molecular weight is 271 g/mol. The summed E-state index contributed by atoms with van der Waals surface area (Å²) in [5.74, 6) is -0.231. The van der Waals surface area contributed by atoms with Crippen LogP contribution < -0.4 is 10.6 Å². The van der Waals surface area contributed by atoms with Gasteiger partial charge in [-0.15, -0.1) is 12.4 Å². The molecule has 0 unspecified atom stereocenters. The van der Waals surface area contributed by atoms with Crippen molar-refractivity contribution < 1.29 is 9.53 Å². The van der Waals surface area contributed by atoms with Crippen LogP contribution in [-0.4, -0.2) is 25.7 Å². The van der Waals surface area contributed by atoms with Gasteiger partial charge in [0.2, 0.25) is 0 Å². The van der Waals surface area contributed by atoms with Crippen molar-refractivity contribution in [3.05, 3.63) is 29.3 Å². The van der Waals surface area contributed by atoms with Crippen LogP contribution in [0.3, 0.4) is 0 Å². The Hall–Kier alpha value is -1.26. The van der Waals surface area contributed by atoms with Gasteiger partial charge in [-0.2, -0.15) is 0 Å². The predicted molar refractivity (Wildman–Crippen MR) is 74.2 cm³/mol. The SMILES string of the molecule is COC(=O)[C@@H](C)NCc1cccc2c1NCC2.Cl. The van der Waals surface area contributed by atoms with Crippen LogP contribution in [0.5, 0.6) is 0 Å². The van der Waals surface area contributed by atoms with Gasteiger partial charge in [0.15, 0.2) is 0 Å². The summed E-state index contributed by atoms with van der Waals surface area (Å²) >= 11 is 0. The lowest BCUT2D eigenvalue weighted by Gasteiger charge is -2.13. The Morgan fingerprint density at radius 3 is 3.06 bits per heavy atom. The molecule has 1 aliphatic heterocycles. The molecule has 0 saturated heterocycles. The third kappa shape index (κ3) is 3.15. The van der Waals surface area contributed by atoms with E-state index < -0.39 is 0 Å². The van der Waals surface area contributed by atoms with Gasteiger partial charge in [0, 0.05) is 18.8 Å². The molecule has 1 atom stereocenters. The first-order valence-corrected chi connectivity index (χ1v) is 5.88. The van der Waals surface area contributed by atoms with Gasteiger partial charge < -0.3 is 15.4 Å². The fraction of sp³-hybridized carbons (Fsp3) is 0.462. The topological polar surface area (TPSA) is 50.4 Å². The van der Waals surface area contributed by atoms with Crippen LogP contribution in [0.4, 0.5) is 5.69 Å². The van der Waals surface area contributed by atoms with E-state index in [0.29, 0.717) is 6.54 Å². The number of hydrogen-bond acceptors (Lipinski definition) is 4. The van der Waals surface area contributed by atoms with Crippen molar-refractivity contribution in [1.29, 1.82) is 0 Å². The first kappa shape index (κ1) is 14.8. The van der Waals surface area contributed by atoms with E-state index in [2.05, 4.69) is 33.6 Å². The number of methoxy groups -OCH3 is 1. The monoisotopic (exact) mass is 270 g/mol.